The largest absolute Gasteiger partial charge is 0.417 e. The fourth-order valence-electron chi connectivity index (χ4n) is 1.54. The molecule has 0 saturated carbocycles. The summed E-state index contributed by atoms with van der Waals surface area (Å²) in [6.45, 7) is 5.34. The Morgan fingerprint density at radius 2 is 1.96 bits per heavy atom. The van der Waals surface area contributed by atoms with Gasteiger partial charge in [0.05, 0.1) is 12.1 Å². The van der Waals surface area contributed by atoms with Gasteiger partial charge in [0, 0.05) is 11.6 Å². The van der Waals surface area contributed by atoms with Gasteiger partial charge in [-0.25, -0.2) is 0 Å². The van der Waals surface area contributed by atoms with Crippen molar-refractivity contribution in [2.24, 2.45) is 5.41 Å². The topological polar surface area (TPSA) is 80.9 Å². The van der Waals surface area contributed by atoms with E-state index in [2.05, 4.69) is 20.4 Å². The summed E-state index contributed by atoms with van der Waals surface area (Å²) in [5.74, 6) is 0.00883. The summed E-state index contributed by atoms with van der Waals surface area (Å²) in [5, 5.41) is 6.29. The van der Waals surface area contributed by atoms with Crippen molar-refractivity contribution in [3.63, 3.8) is 0 Å². The van der Waals surface area contributed by atoms with Gasteiger partial charge in [0.25, 0.3) is 5.89 Å². The smallest absolute Gasteiger partial charge is 0.348 e. The lowest BCUT2D eigenvalue weighted by molar-refractivity contribution is -0.137. The van der Waals surface area contributed by atoms with Crippen molar-refractivity contribution in [2.45, 2.75) is 33.5 Å². The molecule has 124 valence electrons. The lowest BCUT2D eigenvalue weighted by atomic mass is 9.96. The Labute approximate surface area is 130 Å². The Bertz CT molecular complexity index is 687. The van der Waals surface area contributed by atoms with E-state index < -0.39 is 17.2 Å². The zero-order chi connectivity index (χ0) is 17.3. The van der Waals surface area contributed by atoms with Crippen molar-refractivity contribution in [3.05, 3.63) is 29.7 Å². The second-order valence-electron chi connectivity index (χ2n) is 5.88. The molecule has 2 heterocycles. The fraction of sp³-hybridized carbons (Fsp3) is 0.429. The Hall–Kier alpha value is -2.45. The molecule has 0 aromatic carbocycles. The van der Waals surface area contributed by atoms with Gasteiger partial charge >= 0.3 is 6.18 Å². The fourth-order valence-corrected chi connectivity index (χ4v) is 1.54. The minimum Gasteiger partial charge on any atom is -0.348 e. The number of alkyl halides is 3. The number of pyridine rings is 1. The Morgan fingerprint density at radius 1 is 1.26 bits per heavy atom. The van der Waals surface area contributed by atoms with E-state index >= 15 is 0 Å². The first-order chi connectivity index (χ1) is 10.6. The SMILES string of the molecule is CC(C)(C)C(=O)NCc1noc(-c2ccc(C(F)(F)F)cn2)n1. The average molecular weight is 328 g/mol. The van der Waals surface area contributed by atoms with Crippen molar-refractivity contribution in [1.82, 2.24) is 20.4 Å². The van der Waals surface area contributed by atoms with Crippen molar-refractivity contribution >= 4 is 5.91 Å². The van der Waals surface area contributed by atoms with Crippen LogP contribution in [0.25, 0.3) is 11.6 Å². The summed E-state index contributed by atoms with van der Waals surface area (Å²) in [6, 6.07) is 2.03. The number of rotatable bonds is 3. The lowest BCUT2D eigenvalue weighted by Crippen LogP contribution is -2.34. The summed E-state index contributed by atoms with van der Waals surface area (Å²) in [4.78, 5) is 19.4. The number of halogens is 3. The van der Waals surface area contributed by atoms with Gasteiger partial charge in [-0.3, -0.25) is 9.78 Å². The molecule has 2 aromatic heterocycles. The van der Waals surface area contributed by atoms with Crippen LogP contribution in [0.1, 0.15) is 32.2 Å². The van der Waals surface area contributed by atoms with E-state index in [9.17, 15) is 18.0 Å². The second-order valence-corrected chi connectivity index (χ2v) is 5.88. The second kappa shape index (κ2) is 5.98. The normalized spacial score (nSPS) is 12.3. The summed E-state index contributed by atoms with van der Waals surface area (Å²) in [5.41, 5.74) is -1.29. The molecule has 2 rings (SSSR count). The third kappa shape index (κ3) is 4.27. The number of carbonyl (C=O) groups is 1. The molecular formula is C14H15F3N4O2. The zero-order valence-corrected chi connectivity index (χ0v) is 12.7. The highest BCUT2D eigenvalue weighted by molar-refractivity contribution is 5.81. The highest BCUT2D eigenvalue weighted by Gasteiger charge is 2.31. The minimum absolute atomic E-state index is 0.0151. The lowest BCUT2D eigenvalue weighted by Gasteiger charge is -2.16. The summed E-state index contributed by atoms with van der Waals surface area (Å²) in [6.07, 6.45) is -3.76. The number of hydrogen-bond donors (Lipinski definition) is 1. The first kappa shape index (κ1) is 16.9. The van der Waals surface area contributed by atoms with Crippen LogP contribution in [-0.4, -0.2) is 21.0 Å². The van der Waals surface area contributed by atoms with E-state index in [1.165, 1.54) is 0 Å². The molecule has 0 aliphatic carbocycles. The van der Waals surface area contributed by atoms with Crippen LogP contribution >= 0.6 is 0 Å². The van der Waals surface area contributed by atoms with Crippen LogP contribution in [0.3, 0.4) is 0 Å². The van der Waals surface area contributed by atoms with Crippen LogP contribution < -0.4 is 5.32 Å². The van der Waals surface area contributed by atoms with Crippen molar-refractivity contribution < 1.29 is 22.5 Å². The number of carbonyl (C=O) groups excluding carboxylic acids is 1. The molecule has 0 atom stereocenters. The first-order valence-corrected chi connectivity index (χ1v) is 6.72. The van der Waals surface area contributed by atoms with Crippen LogP contribution in [0, 0.1) is 5.41 Å². The molecule has 0 aliphatic rings. The minimum atomic E-state index is -4.46. The predicted octanol–water partition coefficient (Wildman–Crippen LogP) is 2.81. The van der Waals surface area contributed by atoms with Crippen LogP contribution in [0.2, 0.25) is 0 Å². The molecule has 0 saturated heterocycles. The molecule has 2 aromatic rings. The molecule has 1 N–H and O–H groups in total. The average Bonchev–Trinajstić information content (AvgIpc) is 2.91. The van der Waals surface area contributed by atoms with Crippen LogP contribution in [0.15, 0.2) is 22.9 Å². The standard InChI is InChI=1S/C14H15F3N4O2/c1-13(2,3)12(22)19-7-10-20-11(23-21-10)9-5-4-8(6-18-9)14(15,16)17/h4-6H,7H2,1-3H3,(H,19,22). The van der Waals surface area contributed by atoms with Crippen LogP contribution in [0.5, 0.6) is 0 Å². The third-order valence-electron chi connectivity index (χ3n) is 2.87. The molecule has 0 unspecified atom stereocenters. The summed E-state index contributed by atoms with van der Waals surface area (Å²) in [7, 11) is 0. The first-order valence-electron chi connectivity index (χ1n) is 6.72. The van der Waals surface area contributed by atoms with Crippen molar-refractivity contribution in [3.8, 4) is 11.6 Å². The van der Waals surface area contributed by atoms with Gasteiger partial charge in [0.15, 0.2) is 5.82 Å². The summed E-state index contributed by atoms with van der Waals surface area (Å²) < 4.78 is 42.3. The number of amides is 1. The monoisotopic (exact) mass is 328 g/mol. The van der Waals surface area contributed by atoms with Gasteiger partial charge in [0.2, 0.25) is 5.91 Å². The quantitative estimate of drug-likeness (QED) is 0.937. The van der Waals surface area contributed by atoms with Gasteiger partial charge in [0.1, 0.15) is 5.69 Å². The van der Waals surface area contributed by atoms with Crippen molar-refractivity contribution in [1.29, 1.82) is 0 Å². The molecule has 0 spiro atoms. The molecule has 0 aliphatic heterocycles. The maximum Gasteiger partial charge on any atom is 0.417 e. The highest BCUT2D eigenvalue weighted by Crippen LogP contribution is 2.29. The van der Waals surface area contributed by atoms with Crippen molar-refractivity contribution in [2.75, 3.05) is 0 Å². The molecule has 0 fully saturated rings. The van der Waals surface area contributed by atoms with E-state index in [0.717, 1.165) is 12.1 Å². The van der Waals surface area contributed by atoms with Gasteiger partial charge in [-0.2, -0.15) is 18.2 Å². The molecule has 0 bridgehead atoms. The van der Waals surface area contributed by atoms with E-state index in [-0.39, 0.29) is 29.9 Å². The van der Waals surface area contributed by atoms with E-state index in [1.807, 2.05) is 0 Å². The van der Waals surface area contributed by atoms with Gasteiger partial charge in [-0.05, 0) is 12.1 Å². The van der Waals surface area contributed by atoms with E-state index in [0.29, 0.717) is 6.20 Å². The highest BCUT2D eigenvalue weighted by atomic mass is 19.4. The number of nitrogens with zero attached hydrogens (tertiary/aromatic N) is 3. The number of aromatic nitrogens is 3. The van der Waals surface area contributed by atoms with E-state index in [1.54, 1.807) is 20.8 Å². The van der Waals surface area contributed by atoms with Crippen LogP contribution in [-0.2, 0) is 17.5 Å². The third-order valence-corrected chi connectivity index (χ3v) is 2.87. The molecule has 23 heavy (non-hydrogen) atoms. The van der Waals surface area contributed by atoms with E-state index in [4.69, 9.17) is 4.52 Å². The molecule has 6 nitrogen and oxygen atoms in total. The molecule has 9 heteroatoms. The maximum atomic E-state index is 12.5. The number of hydrogen-bond acceptors (Lipinski definition) is 5. The predicted molar refractivity (Wildman–Crippen MR) is 73.8 cm³/mol. The van der Waals surface area contributed by atoms with Gasteiger partial charge in [-0.15, -0.1) is 0 Å². The Morgan fingerprint density at radius 3 is 2.48 bits per heavy atom. The Kier molecular flexibility index (Phi) is 4.39. The number of nitrogens with one attached hydrogen (secondary N) is 1. The summed E-state index contributed by atoms with van der Waals surface area (Å²) >= 11 is 0. The Balaban J connectivity index is 2.06. The zero-order valence-electron chi connectivity index (χ0n) is 12.7. The molecular weight excluding hydrogens is 313 g/mol. The van der Waals surface area contributed by atoms with Gasteiger partial charge < -0.3 is 9.84 Å². The molecule has 0 radical (unpaired) electrons. The molecule has 1 amide bonds. The van der Waals surface area contributed by atoms with Gasteiger partial charge in [-0.1, -0.05) is 25.9 Å². The van der Waals surface area contributed by atoms with Crippen LogP contribution in [0.4, 0.5) is 13.2 Å². The maximum absolute atomic E-state index is 12.5.